The smallest absolute Gasteiger partial charge is 0.407 e. The Labute approximate surface area is 113 Å². The van der Waals surface area contributed by atoms with Gasteiger partial charge in [0.05, 0.1) is 6.04 Å². The lowest BCUT2D eigenvalue weighted by Gasteiger charge is -2.31. The summed E-state index contributed by atoms with van der Waals surface area (Å²) in [4.78, 5) is 16.9. The molecular formula is C12H14BrN3O2. The molecule has 1 aromatic heterocycles. The number of fused-ring (bicyclic) bond motifs is 2. The van der Waals surface area contributed by atoms with Crippen LogP contribution in [0.3, 0.4) is 0 Å². The van der Waals surface area contributed by atoms with Crippen molar-refractivity contribution in [1.82, 2.24) is 9.88 Å². The summed E-state index contributed by atoms with van der Waals surface area (Å²) < 4.78 is 0.938. The molecule has 1 saturated heterocycles. The van der Waals surface area contributed by atoms with Crippen molar-refractivity contribution in [2.75, 3.05) is 11.9 Å². The Hall–Kier alpha value is -1.30. The highest BCUT2D eigenvalue weighted by molar-refractivity contribution is 9.10. The van der Waals surface area contributed by atoms with Gasteiger partial charge in [-0.25, -0.2) is 9.78 Å². The predicted molar refractivity (Wildman–Crippen MR) is 70.6 cm³/mol. The number of nitrogens with one attached hydrogen (secondary N) is 1. The first-order chi connectivity index (χ1) is 8.63. The molecule has 96 valence electrons. The molecule has 1 aromatic rings. The third kappa shape index (κ3) is 2.05. The zero-order chi connectivity index (χ0) is 12.7. The lowest BCUT2D eigenvalue weighted by atomic mass is 10.1. The van der Waals surface area contributed by atoms with Crippen LogP contribution in [0.2, 0.25) is 0 Å². The minimum atomic E-state index is -0.808. The quantitative estimate of drug-likeness (QED) is 0.880. The van der Waals surface area contributed by atoms with Crippen molar-refractivity contribution in [3.8, 4) is 0 Å². The average Bonchev–Trinajstić information content (AvgIpc) is 2.91. The average molecular weight is 312 g/mol. The van der Waals surface area contributed by atoms with Gasteiger partial charge in [-0.1, -0.05) is 0 Å². The number of likely N-dealkylation sites (tertiary alicyclic amines) is 1. The molecule has 1 aliphatic heterocycles. The first-order valence-electron chi connectivity index (χ1n) is 6.01. The molecular weight excluding hydrogens is 298 g/mol. The standard InChI is InChI=1S/C12H14BrN3O2/c13-8-1-2-11(14-5-8)15-9-3-7-4-10(9)16(6-7)12(17)18/h1-2,5,7,9-10H,3-4,6H2,(H,14,15)(H,17,18)/t7-,9+,10-/m0/s1. The van der Waals surface area contributed by atoms with E-state index < -0.39 is 6.09 Å². The van der Waals surface area contributed by atoms with Crippen LogP contribution in [0.1, 0.15) is 12.8 Å². The van der Waals surface area contributed by atoms with Gasteiger partial charge in [-0.3, -0.25) is 0 Å². The molecule has 5 nitrogen and oxygen atoms in total. The molecule has 0 spiro atoms. The van der Waals surface area contributed by atoms with Crippen LogP contribution in [-0.4, -0.2) is 39.7 Å². The highest BCUT2D eigenvalue weighted by Crippen LogP contribution is 2.38. The van der Waals surface area contributed by atoms with E-state index in [0.717, 1.165) is 23.1 Å². The fourth-order valence-electron chi connectivity index (χ4n) is 3.05. The van der Waals surface area contributed by atoms with Crippen molar-refractivity contribution in [2.24, 2.45) is 5.92 Å². The molecule has 2 N–H and O–H groups in total. The van der Waals surface area contributed by atoms with E-state index in [9.17, 15) is 4.79 Å². The Morgan fingerprint density at radius 3 is 2.94 bits per heavy atom. The van der Waals surface area contributed by atoms with Crippen molar-refractivity contribution < 1.29 is 9.90 Å². The van der Waals surface area contributed by atoms with E-state index in [1.807, 2.05) is 12.1 Å². The van der Waals surface area contributed by atoms with Gasteiger partial charge in [0.25, 0.3) is 0 Å². The molecule has 2 fully saturated rings. The Morgan fingerprint density at radius 2 is 2.33 bits per heavy atom. The minimum absolute atomic E-state index is 0.0953. The second kappa shape index (κ2) is 4.42. The number of piperidine rings is 1. The zero-order valence-electron chi connectivity index (χ0n) is 9.71. The summed E-state index contributed by atoms with van der Waals surface area (Å²) in [5.74, 6) is 1.31. The lowest BCUT2D eigenvalue weighted by molar-refractivity contribution is 0.127. The monoisotopic (exact) mass is 311 g/mol. The number of carboxylic acid groups (broad SMARTS) is 1. The predicted octanol–water partition coefficient (Wildman–Crippen LogP) is 2.40. The normalized spacial score (nSPS) is 29.6. The first-order valence-corrected chi connectivity index (χ1v) is 6.80. The molecule has 1 amide bonds. The number of halogens is 1. The van der Waals surface area contributed by atoms with E-state index in [4.69, 9.17) is 5.11 Å². The van der Waals surface area contributed by atoms with Gasteiger partial charge in [-0.2, -0.15) is 0 Å². The van der Waals surface area contributed by atoms with E-state index in [1.54, 1.807) is 11.1 Å². The van der Waals surface area contributed by atoms with Gasteiger partial charge in [-0.15, -0.1) is 0 Å². The summed E-state index contributed by atoms with van der Waals surface area (Å²) in [5.41, 5.74) is 0. The molecule has 1 saturated carbocycles. The van der Waals surface area contributed by atoms with Gasteiger partial charge in [0.2, 0.25) is 0 Å². The summed E-state index contributed by atoms with van der Waals surface area (Å²) in [6.45, 7) is 0.686. The molecule has 2 aliphatic rings. The Balaban J connectivity index is 1.71. The van der Waals surface area contributed by atoms with Crippen molar-refractivity contribution in [1.29, 1.82) is 0 Å². The SMILES string of the molecule is O=C(O)N1C[C@H]2C[C@@H](Nc3ccc(Br)cn3)[C@@H]1C2. The maximum Gasteiger partial charge on any atom is 0.407 e. The van der Waals surface area contributed by atoms with Gasteiger partial charge in [0, 0.05) is 23.3 Å². The molecule has 2 heterocycles. The highest BCUT2D eigenvalue weighted by atomic mass is 79.9. The van der Waals surface area contributed by atoms with Crippen LogP contribution in [-0.2, 0) is 0 Å². The van der Waals surface area contributed by atoms with Crippen molar-refractivity contribution >= 4 is 27.8 Å². The summed E-state index contributed by atoms with van der Waals surface area (Å²) in [7, 11) is 0. The number of hydrogen-bond acceptors (Lipinski definition) is 3. The van der Waals surface area contributed by atoms with Crippen LogP contribution in [0.5, 0.6) is 0 Å². The number of hydrogen-bond donors (Lipinski definition) is 2. The van der Waals surface area contributed by atoms with E-state index >= 15 is 0 Å². The summed E-state index contributed by atoms with van der Waals surface area (Å²) in [5, 5.41) is 12.5. The van der Waals surface area contributed by atoms with Gasteiger partial charge in [0.1, 0.15) is 5.82 Å². The number of pyridine rings is 1. The first kappa shape index (κ1) is 11.8. The highest BCUT2D eigenvalue weighted by Gasteiger charge is 2.47. The lowest BCUT2D eigenvalue weighted by Crippen LogP contribution is -2.47. The molecule has 0 aromatic carbocycles. The van der Waals surface area contributed by atoms with Crippen LogP contribution < -0.4 is 5.32 Å². The Bertz CT molecular complexity index is 465. The summed E-state index contributed by atoms with van der Waals surface area (Å²) >= 11 is 3.34. The fourth-order valence-corrected chi connectivity index (χ4v) is 3.29. The number of amides is 1. The van der Waals surface area contributed by atoms with E-state index in [-0.39, 0.29) is 12.1 Å². The van der Waals surface area contributed by atoms with Crippen LogP contribution >= 0.6 is 15.9 Å². The van der Waals surface area contributed by atoms with E-state index in [1.165, 1.54) is 0 Å². The maximum absolute atomic E-state index is 11.1. The van der Waals surface area contributed by atoms with Gasteiger partial charge < -0.3 is 15.3 Å². The van der Waals surface area contributed by atoms with E-state index in [2.05, 4.69) is 26.2 Å². The molecule has 2 bridgehead atoms. The molecule has 3 rings (SSSR count). The second-order valence-corrected chi connectivity index (χ2v) is 5.87. The third-order valence-electron chi connectivity index (χ3n) is 3.79. The van der Waals surface area contributed by atoms with Crippen LogP contribution in [0.25, 0.3) is 0 Å². The minimum Gasteiger partial charge on any atom is -0.465 e. The van der Waals surface area contributed by atoms with Crippen LogP contribution in [0.15, 0.2) is 22.8 Å². The summed E-state index contributed by atoms with van der Waals surface area (Å²) in [6.07, 6.45) is 2.94. The number of rotatable bonds is 2. The second-order valence-electron chi connectivity index (χ2n) is 4.95. The van der Waals surface area contributed by atoms with Crippen LogP contribution in [0.4, 0.5) is 10.6 Å². The molecule has 1 aliphatic carbocycles. The molecule has 0 unspecified atom stereocenters. The maximum atomic E-state index is 11.1. The summed E-state index contributed by atoms with van der Waals surface area (Å²) in [6, 6.07) is 4.12. The number of nitrogens with zero attached hydrogens (tertiary/aromatic N) is 2. The molecule has 0 radical (unpaired) electrons. The Morgan fingerprint density at radius 1 is 1.50 bits per heavy atom. The largest absolute Gasteiger partial charge is 0.465 e. The van der Waals surface area contributed by atoms with E-state index in [0.29, 0.717) is 12.5 Å². The molecule has 6 heteroatoms. The van der Waals surface area contributed by atoms with Gasteiger partial charge in [-0.05, 0) is 46.8 Å². The number of aromatic nitrogens is 1. The molecule has 18 heavy (non-hydrogen) atoms. The third-order valence-corrected chi connectivity index (χ3v) is 4.26. The zero-order valence-corrected chi connectivity index (χ0v) is 11.3. The Kier molecular flexibility index (Phi) is 2.89. The number of anilines is 1. The van der Waals surface area contributed by atoms with Crippen molar-refractivity contribution in [2.45, 2.75) is 24.9 Å². The molecule has 3 atom stereocenters. The topological polar surface area (TPSA) is 65.5 Å². The van der Waals surface area contributed by atoms with Gasteiger partial charge in [0.15, 0.2) is 0 Å². The van der Waals surface area contributed by atoms with Crippen molar-refractivity contribution in [3.63, 3.8) is 0 Å². The number of carbonyl (C=O) groups is 1. The van der Waals surface area contributed by atoms with Gasteiger partial charge >= 0.3 is 6.09 Å². The van der Waals surface area contributed by atoms with Crippen molar-refractivity contribution in [3.05, 3.63) is 22.8 Å². The van der Waals surface area contributed by atoms with Crippen LogP contribution in [0, 0.1) is 5.92 Å². The fraction of sp³-hybridized carbons (Fsp3) is 0.500.